The van der Waals surface area contributed by atoms with E-state index in [1.807, 2.05) is 0 Å². The van der Waals surface area contributed by atoms with Crippen LogP contribution in [-0.4, -0.2) is 0 Å². The van der Waals surface area contributed by atoms with Gasteiger partial charge in [0.15, 0.2) is 0 Å². The number of rotatable bonds is 0. The Labute approximate surface area is 29.1 Å². The lowest BCUT2D eigenvalue weighted by atomic mass is 16.0. The van der Waals surface area contributed by atoms with E-state index >= 15 is 0 Å². The molecule has 1 unspecified atom stereocenters. The predicted molar refractivity (Wildman–Crippen MR) is 17.9 cm³/mol. The first-order valence-electron chi connectivity index (χ1n) is 0.236. The van der Waals surface area contributed by atoms with Crippen molar-refractivity contribution in [3.63, 3.8) is 0 Å². The summed E-state index contributed by atoms with van der Waals surface area (Å²) in [5.74, 6) is 0. The average molecular weight is 109 g/mol. The maximum Gasteiger partial charge on any atom is 0.310 e. The van der Waals surface area contributed by atoms with Gasteiger partial charge in [-0.05, 0) is 0 Å². The molecule has 0 heterocycles. The maximum atomic E-state index is 8.17. The molecule has 0 N–H and O–H groups in total. The van der Waals surface area contributed by atoms with Crippen molar-refractivity contribution in [3.8, 4) is 0 Å². The molecule has 0 amide bonds. The number of halogens is 3. The summed E-state index contributed by atoms with van der Waals surface area (Å²) in [6.45, 7) is 0. The summed E-state index contributed by atoms with van der Waals surface area (Å²) in [6.07, 6.45) is 0. The molecule has 0 bridgehead atoms. The van der Waals surface area contributed by atoms with E-state index < -0.39 is 0 Å². The smallest absolute Gasteiger partial charge is 0.269 e. The van der Waals surface area contributed by atoms with Gasteiger partial charge in [-0.25, -0.2) is 0 Å². The van der Waals surface area contributed by atoms with Gasteiger partial charge in [-0.2, -0.15) is 0 Å². The summed E-state index contributed by atoms with van der Waals surface area (Å²) in [7, 11) is 1.17. The van der Waals surface area contributed by atoms with E-state index in [9.17, 15) is 0 Å². The summed E-state index contributed by atoms with van der Waals surface area (Å²) in [6, 6.07) is 0. The topological polar surface area (TPSA) is 17.1 Å². The summed E-state index contributed by atoms with van der Waals surface area (Å²) in [5, 5.41) is 0. The third-order valence-electron chi connectivity index (χ3n) is 0. The van der Waals surface area contributed by atoms with E-state index in [1.54, 1.807) is 0 Å². The van der Waals surface area contributed by atoms with Gasteiger partial charge in [0.25, 0.3) is 0 Å². The zero-order chi connectivity index (χ0) is 2.00. The van der Waals surface area contributed by atoms with Crippen LogP contribution in [-0.2, 0) is 4.57 Å². The molecule has 36 valence electrons. The Bertz CT molecular complexity index is 6.85. The zero-order valence-electron chi connectivity index (χ0n) is 2.21. The van der Waals surface area contributed by atoms with E-state index in [2.05, 4.69) is 0 Å². The fraction of sp³-hybridized carbons (Fsp3) is 0. The van der Waals surface area contributed by atoms with Crippen molar-refractivity contribution < 1.29 is 18.7 Å². The summed E-state index contributed by atoms with van der Waals surface area (Å²) in [5.41, 5.74) is 0. The molecule has 0 saturated carbocycles. The molecule has 1 nitrogen and oxygen atoms in total. The summed E-state index contributed by atoms with van der Waals surface area (Å²) in [4.78, 5) is 0. The quantitative estimate of drug-likeness (QED) is 0.417. The normalized spacial score (nSPS) is 0.800. The second kappa shape index (κ2) is 2690. The molecule has 0 spiro atoms. The molecule has 0 aliphatic carbocycles. The maximum absolute atomic E-state index is 8.17. The van der Waals surface area contributed by atoms with Gasteiger partial charge in [-0.15, -0.1) is 0 Å². The molecule has 1 atom stereocenters. The molecular formula is H5F3OP+. The largest absolute Gasteiger partial charge is 0.310 e. The van der Waals surface area contributed by atoms with Crippen molar-refractivity contribution in [3.05, 3.63) is 0 Å². The average Bonchev–Trinajstić information content (AvgIpc) is 1.00. The van der Waals surface area contributed by atoms with Crippen molar-refractivity contribution in [2.75, 3.05) is 0 Å². The zero-order valence-corrected chi connectivity index (χ0v) is 3.37. The molecule has 0 fully saturated rings. The molecule has 5 heteroatoms. The van der Waals surface area contributed by atoms with Crippen LogP contribution in [0.15, 0.2) is 0 Å². The van der Waals surface area contributed by atoms with Gasteiger partial charge in [0.05, 0.1) is 0 Å². The van der Waals surface area contributed by atoms with E-state index in [0.29, 0.717) is 0 Å². The van der Waals surface area contributed by atoms with Crippen molar-refractivity contribution in [1.29, 1.82) is 0 Å². The number of hydrogen-bond donors (Lipinski definition) is 0. The molecule has 0 aromatic heterocycles. The van der Waals surface area contributed by atoms with Gasteiger partial charge >= 0.3 is 9.12 Å². The second-order valence-electron chi connectivity index (χ2n) is 0. The minimum Gasteiger partial charge on any atom is -0.269 e. The minimum absolute atomic E-state index is 0. The molecular weight excluding hydrogens is 104 g/mol. The van der Waals surface area contributed by atoms with Crippen molar-refractivity contribution in [1.82, 2.24) is 0 Å². The monoisotopic (exact) mass is 109 g/mol. The highest BCUT2D eigenvalue weighted by Gasteiger charge is 0.849. The van der Waals surface area contributed by atoms with Crippen LogP contribution in [0.2, 0.25) is 0 Å². The molecule has 0 saturated heterocycles. The Balaban J connectivity index is -0.00000000167. The Morgan fingerprint density at radius 2 is 0.800 bits per heavy atom. The van der Waals surface area contributed by atoms with Crippen LogP contribution in [0.4, 0.5) is 14.1 Å². The molecule has 0 aromatic rings. The highest BCUT2D eigenvalue weighted by atomic mass is 31.0. The van der Waals surface area contributed by atoms with Crippen LogP contribution in [0.5, 0.6) is 0 Å². The van der Waals surface area contributed by atoms with Crippen LogP contribution >= 0.6 is 9.12 Å². The predicted octanol–water partition coefficient (Wildman–Crippen LogP) is 0.664. The lowest BCUT2D eigenvalue weighted by molar-refractivity contribution is 0.607. The molecule has 0 radical (unpaired) electrons. The highest BCUT2D eigenvalue weighted by Crippen LogP contribution is 1.23. The molecule has 5 heavy (non-hydrogen) atoms. The van der Waals surface area contributed by atoms with Gasteiger partial charge in [0.1, 0.15) is 0 Å². The number of hydrogen-bond acceptors (Lipinski definition) is 1. The van der Waals surface area contributed by atoms with Crippen LogP contribution in [0.1, 0.15) is 0 Å². The Hall–Kier alpha value is -0.110. The molecule has 0 aliphatic heterocycles. The first-order chi connectivity index (χ1) is 1.00. The fourth-order valence-electron chi connectivity index (χ4n) is 0. The minimum atomic E-state index is 0. The first kappa shape index (κ1) is 93.4. The van der Waals surface area contributed by atoms with E-state index in [1.165, 1.54) is 9.12 Å². The van der Waals surface area contributed by atoms with Gasteiger partial charge in [-0.1, -0.05) is 4.57 Å². The Morgan fingerprint density at radius 3 is 0.800 bits per heavy atom. The van der Waals surface area contributed by atoms with E-state index in [0.717, 1.165) is 0 Å². The van der Waals surface area contributed by atoms with Crippen molar-refractivity contribution >= 4 is 9.12 Å². The lowest BCUT2D eigenvalue weighted by Crippen LogP contribution is -0.489. The standard InChI is InChI=1S/3FH.H2OP/c;;;1-2/h3*1H;2H2/q;;;+1. The van der Waals surface area contributed by atoms with Gasteiger partial charge in [0.2, 0.25) is 0 Å². The molecule has 0 rings (SSSR count). The van der Waals surface area contributed by atoms with E-state index in [4.69, 9.17) is 4.57 Å². The summed E-state index contributed by atoms with van der Waals surface area (Å²) < 4.78 is 8.17. The third-order valence-corrected chi connectivity index (χ3v) is 0. The Kier molecular flexibility index (Phi) is 50200. The van der Waals surface area contributed by atoms with Gasteiger partial charge in [0, 0.05) is 0 Å². The van der Waals surface area contributed by atoms with Gasteiger partial charge in [-0.3, -0.25) is 14.1 Å². The molecule has 0 aromatic carbocycles. The SMILES string of the molecule is F.F.F.O=[PH2+]. The van der Waals surface area contributed by atoms with Gasteiger partial charge < -0.3 is 0 Å². The van der Waals surface area contributed by atoms with Crippen LogP contribution < -0.4 is 0 Å². The lowest BCUT2D eigenvalue weighted by Gasteiger charge is -0.618. The van der Waals surface area contributed by atoms with E-state index in [-0.39, 0.29) is 14.1 Å². The van der Waals surface area contributed by atoms with Crippen molar-refractivity contribution in [2.45, 2.75) is 0 Å². The van der Waals surface area contributed by atoms with Crippen LogP contribution in [0.25, 0.3) is 0 Å². The molecule has 0 aliphatic rings. The third kappa shape index (κ3) is 1150. The fourth-order valence-corrected chi connectivity index (χ4v) is 0. The highest BCUT2D eigenvalue weighted by molar-refractivity contribution is 7.00. The first-order valence-corrected chi connectivity index (χ1v) is 0.707. The van der Waals surface area contributed by atoms with Crippen molar-refractivity contribution in [2.24, 2.45) is 0 Å². The second-order valence-corrected chi connectivity index (χ2v) is 0. The Morgan fingerprint density at radius 1 is 0.800 bits per heavy atom. The van der Waals surface area contributed by atoms with Crippen LogP contribution in [0, 0.1) is 0 Å². The summed E-state index contributed by atoms with van der Waals surface area (Å²) >= 11 is 0. The van der Waals surface area contributed by atoms with Crippen LogP contribution in [0.3, 0.4) is 0 Å².